The number of rotatable bonds is 10. The molecule has 0 fully saturated rings. The third-order valence-corrected chi connectivity index (χ3v) is 7.06. The summed E-state index contributed by atoms with van der Waals surface area (Å²) in [5.74, 6) is 0.387. The number of likely N-dealkylation sites (N-methyl/N-ethyl adjacent to an activating group) is 1. The minimum atomic E-state index is -0.340. The van der Waals surface area contributed by atoms with E-state index >= 15 is 0 Å². The first-order chi connectivity index (χ1) is 18.7. The van der Waals surface area contributed by atoms with Gasteiger partial charge in [-0.15, -0.1) is 0 Å². The van der Waals surface area contributed by atoms with E-state index in [9.17, 15) is 9.59 Å². The number of aromatic nitrogens is 4. The quantitative estimate of drug-likeness (QED) is 0.257. The van der Waals surface area contributed by atoms with E-state index in [1.54, 1.807) is 31.5 Å². The Morgan fingerprint density at radius 2 is 2.00 bits per heavy atom. The Balaban J connectivity index is 1.62. The number of nitrogen functional groups attached to an aromatic ring is 1. The molecule has 4 N–H and O–H groups in total. The highest BCUT2D eigenvalue weighted by Crippen LogP contribution is 2.41. The number of nitrogens with one attached hydrogen (secondary N) is 2. The van der Waals surface area contributed by atoms with E-state index in [-0.39, 0.29) is 35.0 Å². The number of amides is 2. The molecule has 4 rings (SSSR count). The molecule has 3 aromatic heterocycles. The molecule has 0 radical (unpaired) electrons. The summed E-state index contributed by atoms with van der Waals surface area (Å²) >= 11 is 6.47. The second-order valence-electron chi connectivity index (χ2n) is 9.18. The standard InChI is InChI=1S/C27H33ClN8O3/c1-6-35(7-2)11-10-30-25(37)19-9-8-17(32-19)12-18-21-23(28)33-27(29)34-24(21)36(26(18)38)14-20-16(4)22(39-5)15(3)13-31-20/h8-9,12-13,32H,6-7,10-11,14H2,1-5H3,(H,30,37)(H2,29,33,34)/b18-12-. The van der Waals surface area contributed by atoms with E-state index < -0.39 is 0 Å². The number of aromatic amines is 1. The summed E-state index contributed by atoms with van der Waals surface area (Å²) in [6.07, 6.45) is 3.34. The van der Waals surface area contributed by atoms with Gasteiger partial charge in [0.1, 0.15) is 16.6 Å². The second-order valence-corrected chi connectivity index (χ2v) is 9.53. The molecule has 0 saturated carbocycles. The number of ether oxygens (including phenoxy) is 1. The molecule has 12 heteroatoms. The van der Waals surface area contributed by atoms with Crippen molar-refractivity contribution in [2.75, 3.05) is 43.9 Å². The number of anilines is 2. The van der Waals surface area contributed by atoms with Crippen molar-refractivity contribution in [1.82, 2.24) is 30.2 Å². The van der Waals surface area contributed by atoms with Crippen LogP contribution < -0.4 is 20.7 Å². The summed E-state index contributed by atoms with van der Waals surface area (Å²) < 4.78 is 5.52. The third-order valence-electron chi connectivity index (χ3n) is 6.78. The largest absolute Gasteiger partial charge is 0.496 e. The van der Waals surface area contributed by atoms with Gasteiger partial charge in [0, 0.05) is 36.1 Å². The number of pyridine rings is 1. The molecule has 0 unspecified atom stereocenters. The minimum absolute atomic E-state index is 0.0486. The molecule has 0 aliphatic carbocycles. The Bertz CT molecular complexity index is 1430. The number of carbonyl (C=O) groups excluding carboxylic acids is 2. The van der Waals surface area contributed by atoms with Crippen molar-refractivity contribution in [2.24, 2.45) is 0 Å². The molecule has 1 aliphatic rings. The Labute approximate surface area is 232 Å². The third kappa shape index (κ3) is 5.74. The number of nitrogens with two attached hydrogens (primary N) is 1. The van der Waals surface area contributed by atoms with Crippen molar-refractivity contribution in [2.45, 2.75) is 34.2 Å². The van der Waals surface area contributed by atoms with Crippen molar-refractivity contribution in [1.29, 1.82) is 0 Å². The van der Waals surface area contributed by atoms with Gasteiger partial charge >= 0.3 is 0 Å². The highest BCUT2D eigenvalue weighted by atomic mass is 35.5. The number of aryl methyl sites for hydroxylation is 1. The number of nitrogens with zero attached hydrogens (tertiary/aromatic N) is 5. The first-order valence-corrected chi connectivity index (χ1v) is 13.1. The number of carbonyl (C=O) groups is 2. The van der Waals surface area contributed by atoms with Crippen molar-refractivity contribution >= 4 is 46.8 Å². The van der Waals surface area contributed by atoms with Crippen LogP contribution in [0.5, 0.6) is 5.75 Å². The molecule has 11 nitrogen and oxygen atoms in total. The Hall–Kier alpha value is -3.96. The summed E-state index contributed by atoms with van der Waals surface area (Å²) in [4.78, 5) is 46.0. The van der Waals surface area contributed by atoms with Crippen LogP contribution in [0.1, 0.15) is 52.4 Å². The smallest absolute Gasteiger partial charge is 0.267 e. The van der Waals surface area contributed by atoms with E-state index in [0.29, 0.717) is 40.8 Å². The first-order valence-electron chi connectivity index (χ1n) is 12.7. The van der Waals surface area contributed by atoms with Crippen LogP contribution in [0.3, 0.4) is 0 Å². The number of methoxy groups -OCH3 is 1. The topological polar surface area (TPSA) is 142 Å². The summed E-state index contributed by atoms with van der Waals surface area (Å²) in [6, 6.07) is 3.40. The molecule has 0 spiro atoms. The van der Waals surface area contributed by atoms with E-state index in [0.717, 1.165) is 30.8 Å². The molecular weight excluding hydrogens is 520 g/mol. The van der Waals surface area contributed by atoms with Gasteiger partial charge in [-0.05, 0) is 45.1 Å². The molecule has 0 aromatic carbocycles. The number of H-pyrrole nitrogens is 1. The van der Waals surface area contributed by atoms with Crippen LogP contribution in [-0.4, -0.2) is 69.9 Å². The Kier molecular flexibility index (Phi) is 8.51. The van der Waals surface area contributed by atoms with Crippen molar-refractivity contribution < 1.29 is 14.3 Å². The van der Waals surface area contributed by atoms with Crippen LogP contribution in [0, 0.1) is 13.8 Å². The highest BCUT2D eigenvalue weighted by molar-refractivity contribution is 6.41. The van der Waals surface area contributed by atoms with E-state index in [1.165, 1.54) is 4.90 Å². The van der Waals surface area contributed by atoms with Gasteiger partial charge in [-0.2, -0.15) is 4.98 Å². The van der Waals surface area contributed by atoms with Crippen LogP contribution in [0.2, 0.25) is 5.15 Å². The summed E-state index contributed by atoms with van der Waals surface area (Å²) in [7, 11) is 1.60. The molecule has 39 heavy (non-hydrogen) atoms. The van der Waals surface area contributed by atoms with Gasteiger partial charge in [0.2, 0.25) is 5.95 Å². The van der Waals surface area contributed by atoms with Gasteiger partial charge in [0.05, 0.1) is 30.5 Å². The van der Waals surface area contributed by atoms with Gasteiger partial charge in [0.25, 0.3) is 11.8 Å². The molecule has 3 aromatic rings. The van der Waals surface area contributed by atoms with Crippen LogP contribution in [0.15, 0.2) is 18.3 Å². The van der Waals surface area contributed by atoms with E-state index in [1.807, 2.05) is 13.8 Å². The monoisotopic (exact) mass is 552 g/mol. The molecule has 206 valence electrons. The summed E-state index contributed by atoms with van der Waals surface area (Å²) in [5.41, 5.74) is 9.83. The molecule has 2 amide bonds. The highest BCUT2D eigenvalue weighted by Gasteiger charge is 2.37. The predicted octanol–water partition coefficient (Wildman–Crippen LogP) is 3.22. The van der Waals surface area contributed by atoms with Crippen LogP contribution in [-0.2, 0) is 11.3 Å². The lowest BCUT2D eigenvalue weighted by Crippen LogP contribution is -2.34. The number of halogens is 1. The normalized spacial score (nSPS) is 13.9. The zero-order chi connectivity index (χ0) is 28.3. The average molecular weight is 553 g/mol. The fourth-order valence-corrected chi connectivity index (χ4v) is 4.89. The maximum absolute atomic E-state index is 13.7. The van der Waals surface area contributed by atoms with Crippen LogP contribution >= 0.6 is 11.6 Å². The van der Waals surface area contributed by atoms with Gasteiger partial charge in [0.15, 0.2) is 5.82 Å². The van der Waals surface area contributed by atoms with Gasteiger partial charge < -0.3 is 25.7 Å². The maximum Gasteiger partial charge on any atom is 0.267 e. The maximum atomic E-state index is 13.7. The SMILES string of the molecule is CCN(CC)CCNC(=O)c1ccc(/C=C2\C(=O)N(Cc3ncc(C)c(OC)c3C)c3nc(N)nc(Cl)c32)[nH]1. The van der Waals surface area contributed by atoms with Gasteiger partial charge in [-0.1, -0.05) is 25.4 Å². The van der Waals surface area contributed by atoms with Gasteiger partial charge in [-0.3, -0.25) is 19.5 Å². The Morgan fingerprint density at radius 1 is 1.26 bits per heavy atom. The number of fused-ring (bicyclic) bond motifs is 1. The molecule has 0 atom stereocenters. The number of hydrogen-bond donors (Lipinski definition) is 3. The van der Waals surface area contributed by atoms with Crippen LogP contribution in [0.4, 0.5) is 11.8 Å². The zero-order valence-corrected chi connectivity index (χ0v) is 23.5. The van der Waals surface area contributed by atoms with Crippen molar-refractivity contribution in [3.63, 3.8) is 0 Å². The predicted molar refractivity (Wildman–Crippen MR) is 152 cm³/mol. The lowest BCUT2D eigenvalue weighted by atomic mass is 10.1. The number of hydrogen-bond acceptors (Lipinski definition) is 8. The molecule has 0 saturated heterocycles. The zero-order valence-electron chi connectivity index (χ0n) is 22.8. The van der Waals surface area contributed by atoms with E-state index in [4.69, 9.17) is 22.1 Å². The first kappa shape index (κ1) is 28.1. The summed E-state index contributed by atoms with van der Waals surface area (Å²) in [6.45, 7) is 11.2. The second kappa shape index (κ2) is 11.8. The van der Waals surface area contributed by atoms with Crippen molar-refractivity contribution in [3.8, 4) is 5.75 Å². The molecule has 1 aliphatic heterocycles. The minimum Gasteiger partial charge on any atom is -0.496 e. The lowest BCUT2D eigenvalue weighted by molar-refractivity contribution is -0.113. The molecule has 0 bridgehead atoms. The molecule has 4 heterocycles. The van der Waals surface area contributed by atoms with Gasteiger partial charge in [-0.25, -0.2) is 4.98 Å². The van der Waals surface area contributed by atoms with Crippen LogP contribution in [0.25, 0.3) is 11.6 Å². The fourth-order valence-electron chi connectivity index (χ4n) is 4.62. The Morgan fingerprint density at radius 3 is 2.69 bits per heavy atom. The average Bonchev–Trinajstić information content (AvgIpc) is 3.47. The molecular formula is C27H33ClN8O3. The summed E-state index contributed by atoms with van der Waals surface area (Å²) in [5, 5.41) is 2.98. The lowest BCUT2D eigenvalue weighted by Gasteiger charge is -2.19. The van der Waals surface area contributed by atoms with Crippen molar-refractivity contribution in [3.05, 3.63) is 57.3 Å². The fraction of sp³-hybridized carbons (Fsp3) is 0.370. The van der Waals surface area contributed by atoms with E-state index in [2.05, 4.69) is 44.0 Å².